The molecule has 6 nitrogen and oxygen atoms in total. The van der Waals surface area contributed by atoms with Crippen molar-refractivity contribution in [2.24, 2.45) is 11.8 Å². The molecule has 7 heteroatoms. The Bertz CT molecular complexity index is 645. The van der Waals surface area contributed by atoms with Gasteiger partial charge in [0.25, 0.3) is 5.91 Å². The zero-order valence-corrected chi connectivity index (χ0v) is 14.4. The molecule has 2 atom stereocenters. The minimum Gasteiger partial charge on any atom is -0.481 e. The van der Waals surface area contributed by atoms with Crippen molar-refractivity contribution >= 4 is 17.8 Å². The Morgan fingerprint density at radius 2 is 1.88 bits per heavy atom. The van der Waals surface area contributed by atoms with E-state index in [9.17, 15) is 18.8 Å². The zero-order chi connectivity index (χ0) is 18.6. The van der Waals surface area contributed by atoms with E-state index in [0.717, 1.165) is 0 Å². The van der Waals surface area contributed by atoms with Gasteiger partial charge in [0.2, 0.25) is 5.91 Å². The number of rotatable bonds is 5. The Morgan fingerprint density at radius 1 is 1.24 bits per heavy atom. The fraction of sp³-hybridized carbons (Fsp3) is 0.500. The Kier molecular flexibility index (Phi) is 6.12. The molecule has 0 radical (unpaired) electrons. The highest BCUT2D eigenvalue weighted by atomic mass is 19.1. The van der Waals surface area contributed by atoms with E-state index in [1.54, 1.807) is 0 Å². The van der Waals surface area contributed by atoms with Crippen LogP contribution in [-0.2, 0) is 9.59 Å². The number of halogens is 1. The summed E-state index contributed by atoms with van der Waals surface area (Å²) in [6.07, 6.45) is 1.17. The summed E-state index contributed by atoms with van der Waals surface area (Å²) < 4.78 is 13.0. The monoisotopic (exact) mass is 350 g/mol. The van der Waals surface area contributed by atoms with Gasteiger partial charge in [0.1, 0.15) is 11.9 Å². The largest absolute Gasteiger partial charge is 0.481 e. The molecule has 0 spiro atoms. The van der Waals surface area contributed by atoms with Crippen LogP contribution in [0.5, 0.6) is 0 Å². The molecule has 0 bridgehead atoms. The number of hydrogen-bond donors (Lipinski definition) is 2. The molecule has 1 aliphatic heterocycles. The van der Waals surface area contributed by atoms with Crippen LogP contribution in [0.3, 0.4) is 0 Å². The smallest absolute Gasteiger partial charge is 0.308 e. The third-order valence-electron chi connectivity index (χ3n) is 4.41. The molecule has 0 aliphatic carbocycles. The summed E-state index contributed by atoms with van der Waals surface area (Å²) in [7, 11) is 0. The highest BCUT2D eigenvalue weighted by Gasteiger charge is 2.33. The Balaban J connectivity index is 2.08. The summed E-state index contributed by atoms with van der Waals surface area (Å²) in [5.74, 6) is -2.83. The first kappa shape index (κ1) is 18.9. The number of aliphatic carboxylic acids is 1. The highest BCUT2D eigenvalue weighted by Crippen LogP contribution is 2.19. The van der Waals surface area contributed by atoms with Crippen LogP contribution >= 0.6 is 0 Å². The lowest BCUT2D eigenvalue weighted by atomic mass is 9.95. The van der Waals surface area contributed by atoms with Gasteiger partial charge in [-0.05, 0) is 43.0 Å². The van der Waals surface area contributed by atoms with E-state index >= 15 is 0 Å². The molecule has 1 saturated heterocycles. The number of carboxylic acids is 1. The van der Waals surface area contributed by atoms with Crippen molar-refractivity contribution in [3.63, 3.8) is 0 Å². The second kappa shape index (κ2) is 8.09. The number of carbonyl (C=O) groups excluding carboxylic acids is 2. The van der Waals surface area contributed by atoms with Crippen molar-refractivity contribution in [3.05, 3.63) is 35.6 Å². The van der Waals surface area contributed by atoms with Crippen molar-refractivity contribution in [2.75, 3.05) is 13.1 Å². The maximum Gasteiger partial charge on any atom is 0.308 e. The van der Waals surface area contributed by atoms with Crippen molar-refractivity contribution in [3.8, 4) is 0 Å². The molecular weight excluding hydrogens is 327 g/mol. The van der Waals surface area contributed by atoms with Crippen molar-refractivity contribution < 1.29 is 23.9 Å². The van der Waals surface area contributed by atoms with E-state index in [-0.39, 0.29) is 23.9 Å². The van der Waals surface area contributed by atoms with Crippen molar-refractivity contribution in [1.29, 1.82) is 0 Å². The maximum atomic E-state index is 13.0. The molecule has 1 aliphatic rings. The lowest BCUT2D eigenvalue weighted by Gasteiger charge is -2.34. The lowest BCUT2D eigenvalue weighted by molar-refractivity contribution is -0.146. The molecule has 1 aromatic carbocycles. The van der Waals surface area contributed by atoms with E-state index in [2.05, 4.69) is 5.32 Å². The number of nitrogens with zero attached hydrogens (tertiary/aromatic N) is 1. The molecule has 2 rings (SSSR count). The number of hydrogen-bond acceptors (Lipinski definition) is 3. The Morgan fingerprint density at radius 3 is 2.44 bits per heavy atom. The van der Waals surface area contributed by atoms with Gasteiger partial charge in [-0.1, -0.05) is 13.8 Å². The molecule has 0 saturated carbocycles. The number of piperidine rings is 1. The van der Waals surface area contributed by atoms with Gasteiger partial charge in [0.05, 0.1) is 5.92 Å². The van der Waals surface area contributed by atoms with E-state index in [4.69, 9.17) is 5.11 Å². The van der Waals surface area contributed by atoms with Crippen LogP contribution in [0.4, 0.5) is 4.39 Å². The topological polar surface area (TPSA) is 86.7 Å². The van der Waals surface area contributed by atoms with Crippen molar-refractivity contribution in [2.45, 2.75) is 32.7 Å². The van der Waals surface area contributed by atoms with Gasteiger partial charge in [-0.25, -0.2) is 4.39 Å². The third-order valence-corrected chi connectivity index (χ3v) is 4.41. The quantitative estimate of drug-likeness (QED) is 0.849. The van der Waals surface area contributed by atoms with Crippen LogP contribution in [0.1, 0.15) is 37.0 Å². The maximum absolute atomic E-state index is 13.0. The predicted molar refractivity (Wildman–Crippen MR) is 89.4 cm³/mol. The van der Waals surface area contributed by atoms with E-state index < -0.39 is 29.7 Å². The zero-order valence-electron chi connectivity index (χ0n) is 14.4. The summed E-state index contributed by atoms with van der Waals surface area (Å²) in [6.45, 7) is 4.26. The van der Waals surface area contributed by atoms with Crippen LogP contribution in [0.15, 0.2) is 24.3 Å². The normalized spacial score (nSPS) is 18.7. The minimum atomic E-state index is -0.908. The molecule has 2 N–H and O–H groups in total. The van der Waals surface area contributed by atoms with Gasteiger partial charge >= 0.3 is 5.97 Å². The molecule has 2 amide bonds. The summed E-state index contributed by atoms with van der Waals surface area (Å²) in [6, 6.07) is 4.32. The average Bonchev–Trinajstić information content (AvgIpc) is 2.59. The SMILES string of the molecule is CC(C)C(NC(=O)c1ccc(F)cc1)C(=O)N1CCC[C@H](C(=O)O)C1. The number of amides is 2. The summed E-state index contributed by atoms with van der Waals surface area (Å²) in [4.78, 5) is 37.8. The number of carboxylic acid groups (broad SMARTS) is 1. The molecule has 136 valence electrons. The number of carbonyl (C=O) groups is 3. The predicted octanol–water partition coefficient (Wildman–Crippen LogP) is 1.90. The summed E-state index contributed by atoms with van der Waals surface area (Å²) in [5.41, 5.74) is 0.266. The highest BCUT2D eigenvalue weighted by molar-refractivity contribution is 5.97. The fourth-order valence-corrected chi connectivity index (χ4v) is 2.91. The Hall–Kier alpha value is -2.44. The second-order valence-electron chi connectivity index (χ2n) is 6.66. The first-order valence-electron chi connectivity index (χ1n) is 8.37. The fourth-order valence-electron chi connectivity index (χ4n) is 2.91. The Labute approximate surface area is 146 Å². The first-order valence-corrected chi connectivity index (χ1v) is 8.37. The summed E-state index contributed by atoms with van der Waals surface area (Å²) >= 11 is 0. The van der Waals surface area contributed by atoms with Crippen LogP contribution in [-0.4, -0.2) is 46.9 Å². The second-order valence-corrected chi connectivity index (χ2v) is 6.66. The molecule has 25 heavy (non-hydrogen) atoms. The summed E-state index contributed by atoms with van der Waals surface area (Å²) in [5, 5.41) is 11.9. The van der Waals surface area contributed by atoms with E-state index in [0.29, 0.717) is 19.4 Å². The first-order chi connectivity index (χ1) is 11.8. The number of benzene rings is 1. The molecule has 1 fully saturated rings. The van der Waals surface area contributed by atoms with Crippen LogP contribution < -0.4 is 5.32 Å². The van der Waals surface area contributed by atoms with Gasteiger partial charge in [0.15, 0.2) is 0 Å². The number of likely N-dealkylation sites (tertiary alicyclic amines) is 1. The van der Waals surface area contributed by atoms with Crippen LogP contribution in [0, 0.1) is 17.7 Å². The van der Waals surface area contributed by atoms with Gasteiger partial charge in [-0.2, -0.15) is 0 Å². The van der Waals surface area contributed by atoms with Gasteiger partial charge < -0.3 is 15.3 Å². The van der Waals surface area contributed by atoms with Gasteiger partial charge in [0, 0.05) is 18.7 Å². The minimum absolute atomic E-state index is 0.157. The van der Waals surface area contributed by atoms with Gasteiger partial charge in [-0.15, -0.1) is 0 Å². The molecule has 1 aromatic rings. The average molecular weight is 350 g/mol. The number of nitrogens with one attached hydrogen (secondary N) is 1. The molecule has 1 unspecified atom stereocenters. The molecule has 1 heterocycles. The van der Waals surface area contributed by atoms with Crippen molar-refractivity contribution in [1.82, 2.24) is 10.2 Å². The van der Waals surface area contributed by atoms with E-state index in [1.165, 1.54) is 29.2 Å². The third kappa shape index (κ3) is 4.78. The van der Waals surface area contributed by atoms with Crippen LogP contribution in [0.25, 0.3) is 0 Å². The van der Waals surface area contributed by atoms with E-state index in [1.807, 2.05) is 13.8 Å². The molecule has 0 aromatic heterocycles. The lowest BCUT2D eigenvalue weighted by Crippen LogP contribution is -2.54. The van der Waals surface area contributed by atoms with Gasteiger partial charge in [-0.3, -0.25) is 14.4 Å². The van der Waals surface area contributed by atoms with Crippen LogP contribution in [0.2, 0.25) is 0 Å². The molecular formula is C18H23FN2O4. The standard InChI is InChI=1S/C18H23FN2O4/c1-11(2)15(20-16(22)12-5-7-14(19)8-6-12)17(23)21-9-3-4-13(10-21)18(24)25/h5-8,11,13,15H,3-4,9-10H2,1-2H3,(H,20,22)(H,24,25)/t13-,15?/m0/s1.